The molecular formula is C20H18N2O4S. The Kier molecular flexibility index (Phi) is 5.54. The smallest absolute Gasteiger partial charge is 0.319 e. The second-order valence-corrected chi connectivity index (χ2v) is 7.27. The summed E-state index contributed by atoms with van der Waals surface area (Å²) in [7, 11) is -4.27. The van der Waals surface area contributed by atoms with Crippen LogP contribution < -0.4 is 10.6 Å². The molecule has 0 saturated carbocycles. The quantitative estimate of drug-likeness (QED) is 0.584. The molecular weight excluding hydrogens is 364 g/mol. The molecule has 0 aliphatic carbocycles. The fourth-order valence-corrected chi connectivity index (χ4v) is 3.14. The first-order chi connectivity index (χ1) is 12.9. The molecule has 0 aromatic heterocycles. The average molecular weight is 382 g/mol. The first-order valence-electron chi connectivity index (χ1n) is 8.18. The summed E-state index contributed by atoms with van der Waals surface area (Å²) in [6.07, 6.45) is 0. The van der Waals surface area contributed by atoms with Crippen molar-refractivity contribution < 1.29 is 17.8 Å². The van der Waals surface area contributed by atoms with Gasteiger partial charge in [0.15, 0.2) is 0 Å². The molecule has 0 fully saturated rings. The van der Waals surface area contributed by atoms with Crippen molar-refractivity contribution in [3.05, 3.63) is 96.1 Å². The Balaban J connectivity index is 1.77. The van der Waals surface area contributed by atoms with Gasteiger partial charge in [0.25, 0.3) is 10.1 Å². The van der Waals surface area contributed by atoms with E-state index in [1.807, 2.05) is 60.7 Å². The SMILES string of the molecule is O=C(Nc1ccc(S(=O)(=O)O)cc1)NC(c1ccccc1)c1ccccc1. The molecule has 27 heavy (non-hydrogen) atoms. The molecule has 0 bridgehead atoms. The molecule has 0 saturated heterocycles. The summed E-state index contributed by atoms with van der Waals surface area (Å²) in [5, 5.41) is 5.59. The van der Waals surface area contributed by atoms with E-state index in [0.29, 0.717) is 5.69 Å². The van der Waals surface area contributed by atoms with Gasteiger partial charge in [0.2, 0.25) is 0 Å². The van der Waals surface area contributed by atoms with Crippen LogP contribution in [0.25, 0.3) is 0 Å². The van der Waals surface area contributed by atoms with E-state index >= 15 is 0 Å². The zero-order valence-corrected chi connectivity index (χ0v) is 15.1. The van der Waals surface area contributed by atoms with Gasteiger partial charge in [-0.15, -0.1) is 0 Å². The van der Waals surface area contributed by atoms with Crippen molar-refractivity contribution in [3.63, 3.8) is 0 Å². The van der Waals surface area contributed by atoms with Crippen molar-refractivity contribution in [1.29, 1.82) is 0 Å². The molecule has 0 heterocycles. The summed E-state index contributed by atoms with van der Waals surface area (Å²) in [5.74, 6) is 0. The molecule has 3 aromatic rings. The van der Waals surface area contributed by atoms with Crippen molar-refractivity contribution in [3.8, 4) is 0 Å². The number of nitrogens with one attached hydrogen (secondary N) is 2. The molecule has 0 radical (unpaired) electrons. The van der Waals surface area contributed by atoms with E-state index in [1.54, 1.807) is 0 Å². The first-order valence-corrected chi connectivity index (χ1v) is 9.62. The monoisotopic (exact) mass is 382 g/mol. The lowest BCUT2D eigenvalue weighted by Crippen LogP contribution is -2.33. The van der Waals surface area contributed by atoms with Crippen LogP contribution in [0.1, 0.15) is 17.2 Å². The Morgan fingerprint density at radius 3 is 1.70 bits per heavy atom. The van der Waals surface area contributed by atoms with Crippen LogP contribution in [0, 0.1) is 0 Å². The van der Waals surface area contributed by atoms with Crippen LogP contribution in [-0.2, 0) is 10.1 Å². The maximum Gasteiger partial charge on any atom is 0.319 e. The van der Waals surface area contributed by atoms with Crippen LogP contribution in [0.5, 0.6) is 0 Å². The van der Waals surface area contributed by atoms with Crippen LogP contribution in [0.3, 0.4) is 0 Å². The molecule has 0 aliphatic heterocycles. The predicted octanol–water partition coefficient (Wildman–Crippen LogP) is 3.84. The number of carbonyl (C=O) groups is 1. The third-order valence-corrected chi connectivity index (χ3v) is 4.82. The van der Waals surface area contributed by atoms with Crippen LogP contribution in [0.15, 0.2) is 89.8 Å². The van der Waals surface area contributed by atoms with Crippen molar-refractivity contribution in [2.24, 2.45) is 0 Å². The molecule has 0 aliphatic rings. The summed E-state index contributed by atoms with van der Waals surface area (Å²) in [6, 6.07) is 23.6. The standard InChI is InChI=1S/C20H18N2O4S/c23-20(21-17-11-13-18(14-12-17)27(24,25)26)22-19(15-7-3-1-4-8-15)16-9-5-2-6-10-16/h1-14,19H,(H2,21,22,23)(H,24,25,26). The zero-order chi connectivity index (χ0) is 19.3. The Labute approximate surface area is 157 Å². The van der Waals surface area contributed by atoms with Gasteiger partial charge in [0.05, 0.1) is 10.9 Å². The maximum absolute atomic E-state index is 12.5. The second-order valence-electron chi connectivity index (χ2n) is 5.85. The van der Waals surface area contributed by atoms with E-state index < -0.39 is 16.1 Å². The van der Waals surface area contributed by atoms with E-state index in [2.05, 4.69) is 10.6 Å². The third kappa shape index (κ3) is 4.93. The summed E-state index contributed by atoms with van der Waals surface area (Å²) < 4.78 is 31.2. The minimum absolute atomic E-state index is 0.236. The number of hydrogen-bond donors (Lipinski definition) is 3. The molecule has 138 valence electrons. The van der Waals surface area contributed by atoms with E-state index in [4.69, 9.17) is 4.55 Å². The van der Waals surface area contributed by atoms with Gasteiger partial charge in [0, 0.05) is 5.69 Å². The van der Waals surface area contributed by atoms with E-state index in [9.17, 15) is 13.2 Å². The van der Waals surface area contributed by atoms with Gasteiger partial charge >= 0.3 is 6.03 Å². The average Bonchev–Trinajstić information content (AvgIpc) is 2.67. The van der Waals surface area contributed by atoms with E-state index in [-0.39, 0.29) is 10.9 Å². The number of urea groups is 1. The van der Waals surface area contributed by atoms with Gasteiger partial charge in [0.1, 0.15) is 0 Å². The Morgan fingerprint density at radius 1 is 0.778 bits per heavy atom. The van der Waals surface area contributed by atoms with Gasteiger partial charge < -0.3 is 10.6 Å². The minimum atomic E-state index is -4.27. The number of anilines is 1. The van der Waals surface area contributed by atoms with Crippen molar-refractivity contribution in [2.75, 3.05) is 5.32 Å². The Hall–Kier alpha value is -3.16. The van der Waals surface area contributed by atoms with Crippen molar-refractivity contribution in [2.45, 2.75) is 10.9 Å². The van der Waals surface area contributed by atoms with E-state index in [1.165, 1.54) is 24.3 Å². The van der Waals surface area contributed by atoms with Crippen LogP contribution in [0.2, 0.25) is 0 Å². The topological polar surface area (TPSA) is 95.5 Å². The maximum atomic E-state index is 12.5. The van der Waals surface area contributed by atoms with Gasteiger partial charge in [-0.25, -0.2) is 4.79 Å². The normalized spacial score (nSPS) is 11.2. The summed E-state index contributed by atoms with van der Waals surface area (Å²) in [5.41, 5.74) is 2.26. The zero-order valence-electron chi connectivity index (χ0n) is 14.2. The van der Waals surface area contributed by atoms with Crippen LogP contribution >= 0.6 is 0 Å². The van der Waals surface area contributed by atoms with Gasteiger partial charge in [-0.1, -0.05) is 60.7 Å². The fourth-order valence-electron chi connectivity index (χ4n) is 2.66. The summed E-state index contributed by atoms with van der Waals surface area (Å²) >= 11 is 0. The predicted molar refractivity (Wildman–Crippen MR) is 103 cm³/mol. The molecule has 2 amide bonds. The number of carbonyl (C=O) groups excluding carboxylic acids is 1. The molecule has 6 nitrogen and oxygen atoms in total. The number of rotatable bonds is 5. The lowest BCUT2D eigenvalue weighted by Gasteiger charge is -2.20. The Bertz CT molecular complexity index is 965. The second kappa shape index (κ2) is 8.03. The minimum Gasteiger partial charge on any atom is -0.327 e. The molecule has 0 atom stereocenters. The first kappa shape index (κ1) is 18.6. The van der Waals surface area contributed by atoms with Gasteiger partial charge in [-0.2, -0.15) is 8.42 Å². The lowest BCUT2D eigenvalue weighted by atomic mass is 9.99. The molecule has 3 N–H and O–H groups in total. The molecule has 3 aromatic carbocycles. The number of hydrogen-bond acceptors (Lipinski definition) is 3. The fraction of sp³-hybridized carbons (Fsp3) is 0.0500. The van der Waals surface area contributed by atoms with Crippen LogP contribution in [-0.4, -0.2) is 19.0 Å². The highest BCUT2D eigenvalue weighted by Gasteiger charge is 2.17. The van der Waals surface area contributed by atoms with Gasteiger partial charge in [-0.05, 0) is 35.4 Å². The largest absolute Gasteiger partial charge is 0.327 e. The lowest BCUT2D eigenvalue weighted by molar-refractivity contribution is 0.250. The van der Waals surface area contributed by atoms with Gasteiger partial charge in [-0.3, -0.25) is 4.55 Å². The molecule has 3 rings (SSSR count). The highest BCUT2D eigenvalue weighted by Crippen LogP contribution is 2.22. The summed E-state index contributed by atoms with van der Waals surface area (Å²) in [6.45, 7) is 0. The van der Waals surface area contributed by atoms with Crippen LogP contribution in [0.4, 0.5) is 10.5 Å². The number of benzene rings is 3. The molecule has 0 spiro atoms. The molecule has 7 heteroatoms. The summed E-state index contributed by atoms with van der Waals surface area (Å²) in [4.78, 5) is 12.2. The van der Waals surface area contributed by atoms with Crippen molar-refractivity contribution >= 4 is 21.8 Å². The highest BCUT2D eigenvalue weighted by molar-refractivity contribution is 7.85. The van der Waals surface area contributed by atoms with Crippen molar-refractivity contribution in [1.82, 2.24) is 5.32 Å². The third-order valence-electron chi connectivity index (χ3n) is 3.95. The highest BCUT2D eigenvalue weighted by atomic mass is 32.2. The number of amides is 2. The Morgan fingerprint density at radius 2 is 1.26 bits per heavy atom. The van der Waals surface area contributed by atoms with E-state index in [0.717, 1.165) is 11.1 Å². The molecule has 0 unspecified atom stereocenters.